The van der Waals surface area contributed by atoms with E-state index in [2.05, 4.69) is 51.1 Å². The predicted molar refractivity (Wildman–Crippen MR) is 150 cm³/mol. The molecule has 4 aromatic rings. The van der Waals surface area contributed by atoms with E-state index in [1.807, 2.05) is 42.5 Å². The summed E-state index contributed by atoms with van der Waals surface area (Å²) in [6.45, 7) is 6.84. The van der Waals surface area contributed by atoms with Gasteiger partial charge in [0.1, 0.15) is 5.82 Å². The van der Waals surface area contributed by atoms with Crippen LogP contribution in [0.25, 0.3) is 11.1 Å². The topological polar surface area (TPSA) is 59.3 Å². The summed E-state index contributed by atoms with van der Waals surface area (Å²) in [6, 6.07) is 32.0. The molecule has 0 saturated carbocycles. The van der Waals surface area contributed by atoms with Crippen molar-refractivity contribution in [2.75, 3.05) is 7.11 Å². The minimum atomic E-state index is -2.83. The van der Waals surface area contributed by atoms with Gasteiger partial charge in [0, 0.05) is 0 Å². The Labute approximate surface area is 224 Å². The highest BCUT2D eigenvalue weighted by molar-refractivity contribution is 6.99. The summed E-state index contributed by atoms with van der Waals surface area (Å²) in [4.78, 5) is 12.6. The smallest absolute Gasteiger partial charge is 0.337 e. The predicted octanol–water partition coefficient (Wildman–Crippen LogP) is 6.23. The molecule has 0 bridgehead atoms. The van der Waals surface area contributed by atoms with Gasteiger partial charge < -0.3 is 9.16 Å². The molecule has 0 amide bonds. The maximum absolute atomic E-state index is 13.8. The maximum atomic E-state index is 13.8. The number of esters is 1. The standard InChI is InChI=1S/C32H30FNO3Si/c1-32(2,3)38(28-11-7-5-8-12-28,29-13-9-6-10-14-29)37-22-23-17-24(19-25(18-23)31(35)36-4)30-16-15-27(33)20-26(30)21-34/h5-20H,22H2,1-4H3. The summed E-state index contributed by atoms with van der Waals surface area (Å²) >= 11 is 0. The number of carbonyl (C=O) groups is 1. The average Bonchev–Trinajstić information content (AvgIpc) is 2.93. The third-order valence-electron chi connectivity index (χ3n) is 6.70. The Morgan fingerprint density at radius 1 is 0.895 bits per heavy atom. The molecule has 0 aromatic heterocycles. The number of nitriles is 1. The second-order valence-electron chi connectivity index (χ2n) is 10.2. The number of ether oxygens (including phenoxy) is 1. The van der Waals surface area contributed by atoms with E-state index in [9.17, 15) is 14.4 Å². The SMILES string of the molecule is COC(=O)c1cc(CO[Si](c2ccccc2)(c2ccccc2)C(C)(C)C)cc(-c2ccc(F)cc2C#N)c1. The molecule has 6 heteroatoms. The maximum Gasteiger partial charge on any atom is 0.337 e. The number of rotatable bonds is 7. The molecule has 4 nitrogen and oxygen atoms in total. The van der Waals surface area contributed by atoms with Crippen LogP contribution in [0.5, 0.6) is 0 Å². The lowest BCUT2D eigenvalue weighted by Gasteiger charge is -2.43. The van der Waals surface area contributed by atoms with Crippen LogP contribution in [0, 0.1) is 17.1 Å². The summed E-state index contributed by atoms with van der Waals surface area (Å²) in [7, 11) is -1.50. The van der Waals surface area contributed by atoms with Crippen molar-refractivity contribution in [2.24, 2.45) is 0 Å². The molecule has 4 aromatic carbocycles. The number of methoxy groups -OCH3 is 1. The first-order chi connectivity index (χ1) is 18.2. The molecular formula is C32H30FNO3Si. The molecule has 0 heterocycles. The highest BCUT2D eigenvalue weighted by Crippen LogP contribution is 2.37. The Bertz CT molecular complexity index is 1440. The lowest BCUT2D eigenvalue weighted by molar-refractivity contribution is 0.0600. The highest BCUT2D eigenvalue weighted by atomic mass is 28.4. The van der Waals surface area contributed by atoms with Crippen LogP contribution in [-0.4, -0.2) is 21.4 Å². The largest absolute Gasteiger partial charge is 0.465 e. The van der Waals surface area contributed by atoms with Crippen LogP contribution in [0.3, 0.4) is 0 Å². The van der Waals surface area contributed by atoms with Gasteiger partial charge in [0.05, 0.1) is 30.9 Å². The van der Waals surface area contributed by atoms with Crippen molar-refractivity contribution in [1.82, 2.24) is 0 Å². The van der Waals surface area contributed by atoms with Gasteiger partial charge >= 0.3 is 5.97 Å². The zero-order valence-corrected chi connectivity index (χ0v) is 23.0. The number of halogens is 1. The molecule has 38 heavy (non-hydrogen) atoms. The second kappa shape index (κ2) is 11.1. The molecule has 0 fully saturated rings. The molecular weight excluding hydrogens is 493 g/mol. The molecule has 0 radical (unpaired) electrons. The van der Waals surface area contributed by atoms with E-state index >= 15 is 0 Å². The number of nitrogens with zero attached hydrogens (tertiary/aromatic N) is 1. The normalized spacial score (nSPS) is 11.6. The van der Waals surface area contributed by atoms with Gasteiger partial charge in [-0.3, -0.25) is 0 Å². The molecule has 0 spiro atoms. The Morgan fingerprint density at radius 2 is 1.50 bits per heavy atom. The third kappa shape index (κ3) is 5.30. The summed E-state index contributed by atoms with van der Waals surface area (Å²) in [5.41, 5.74) is 2.42. The summed E-state index contributed by atoms with van der Waals surface area (Å²) in [5, 5.41) is 11.7. The third-order valence-corrected chi connectivity index (χ3v) is 11.7. The van der Waals surface area contributed by atoms with Crippen molar-refractivity contribution < 1.29 is 18.3 Å². The van der Waals surface area contributed by atoms with E-state index in [4.69, 9.17) is 9.16 Å². The zero-order chi connectivity index (χ0) is 27.3. The van der Waals surface area contributed by atoms with Gasteiger partial charge in [-0.25, -0.2) is 9.18 Å². The van der Waals surface area contributed by atoms with Crippen LogP contribution >= 0.6 is 0 Å². The fourth-order valence-corrected chi connectivity index (χ4v) is 9.52. The Morgan fingerprint density at radius 3 is 2.03 bits per heavy atom. The average molecular weight is 524 g/mol. The quantitative estimate of drug-likeness (QED) is 0.213. The van der Waals surface area contributed by atoms with E-state index in [0.717, 1.165) is 15.9 Å². The number of benzene rings is 4. The fourth-order valence-electron chi connectivity index (χ4n) is 4.98. The molecule has 0 N–H and O–H groups in total. The van der Waals surface area contributed by atoms with E-state index in [-0.39, 0.29) is 17.2 Å². The molecule has 4 rings (SSSR count). The molecule has 0 saturated heterocycles. The van der Waals surface area contributed by atoms with Gasteiger partial charge in [-0.05, 0) is 62.4 Å². The monoisotopic (exact) mass is 523 g/mol. The molecule has 0 aliphatic rings. The number of hydrogen-bond donors (Lipinski definition) is 0. The van der Waals surface area contributed by atoms with E-state index in [0.29, 0.717) is 16.7 Å². The highest BCUT2D eigenvalue weighted by Gasteiger charge is 2.50. The first-order valence-electron chi connectivity index (χ1n) is 12.4. The minimum absolute atomic E-state index is 0.186. The van der Waals surface area contributed by atoms with Gasteiger partial charge in [-0.2, -0.15) is 5.26 Å². The van der Waals surface area contributed by atoms with E-state index in [1.54, 1.807) is 18.2 Å². The summed E-state index contributed by atoms with van der Waals surface area (Å²) in [6.07, 6.45) is 0. The first kappa shape index (κ1) is 27.0. The summed E-state index contributed by atoms with van der Waals surface area (Å²) in [5.74, 6) is -0.996. The summed E-state index contributed by atoms with van der Waals surface area (Å²) < 4.78 is 25.9. The minimum Gasteiger partial charge on any atom is -0.465 e. The number of hydrogen-bond acceptors (Lipinski definition) is 4. The van der Waals surface area contributed by atoms with E-state index in [1.165, 1.54) is 19.2 Å². The van der Waals surface area contributed by atoms with E-state index < -0.39 is 20.1 Å². The molecule has 192 valence electrons. The van der Waals surface area contributed by atoms with Crippen molar-refractivity contribution >= 4 is 24.7 Å². The van der Waals surface area contributed by atoms with Crippen LogP contribution in [0.4, 0.5) is 4.39 Å². The van der Waals surface area contributed by atoms with Crippen LogP contribution in [0.1, 0.15) is 42.3 Å². The second-order valence-corrected chi connectivity index (χ2v) is 14.5. The van der Waals surface area contributed by atoms with Crippen LogP contribution in [0.2, 0.25) is 5.04 Å². The zero-order valence-electron chi connectivity index (χ0n) is 22.0. The van der Waals surface area contributed by atoms with Gasteiger partial charge in [0.25, 0.3) is 8.32 Å². The van der Waals surface area contributed by atoms with Crippen molar-refractivity contribution in [1.29, 1.82) is 5.26 Å². The van der Waals surface area contributed by atoms with Crippen LogP contribution < -0.4 is 10.4 Å². The Kier molecular flexibility index (Phi) is 7.91. The number of carbonyl (C=O) groups excluding carboxylic acids is 1. The molecule has 0 aliphatic heterocycles. The van der Waals surface area contributed by atoms with Gasteiger partial charge in [-0.1, -0.05) is 87.5 Å². The lowest BCUT2D eigenvalue weighted by atomic mass is 9.96. The van der Waals surface area contributed by atoms with Crippen molar-refractivity contribution in [3.8, 4) is 17.2 Å². The van der Waals surface area contributed by atoms with Gasteiger partial charge in [0.2, 0.25) is 0 Å². The molecule has 0 unspecified atom stereocenters. The Hall–Kier alpha value is -4.05. The molecule has 0 aliphatic carbocycles. The van der Waals surface area contributed by atoms with Gasteiger partial charge in [0.15, 0.2) is 0 Å². The Balaban J connectivity index is 1.85. The van der Waals surface area contributed by atoms with Gasteiger partial charge in [-0.15, -0.1) is 0 Å². The van der Waals surface area contributed by atoms with Crippen molar-refractivity contribution in [2.45, 2.75) is 32.4 Å². The first-order valence-corrected chi connectivity index (χ1v) is 14.3. The van der Waals surface area contributed by atoms with Crippen molar-refractivity contribution in [3.63, 3.8) is 0 Å². The molecule has 0 atom stereocenters. The lowest BCUT2D eigenvalue weighted by Crippen LogP contribution is -2.66. The fraction of sp³-hybridized carbons (Fsp3) is 0.188. The van der Waals surface area contributed by atoms with Crippen LogP contribution in [-0.2, 0) is 15.8 Å². The van der Waals surface area contributed by atoms with Crippen molar-refractivity contribution in [3.05, 3.63) is 120 Å². The van der Waals surface area contributed by atoms with Crippen LogP contribution in [0.15, 0.2) is 97.1 Å².